The molecule has 0 radical (unpaired) electrons. The van der Waals surface area contributed by atoms with Crippen molar-refractivity contribution in [3.05, 3.63) is 35.9 Å². The zero-order chi connectivity index (χ0) is 13.0. The Morgan fingerprint density at radius 2 is 2.22 bits per heavy atom. The Hall–Kier alpha value is -1.81. The number of nitrogens with two attached hydrogens (primary N) is 1. The summed E-state index contributed by atoms with van der Waals surface area (Å²) in [7, 11) is 1.65. The Labute approximate surface area is 107 Å². The van der Waals surface area contributed by atoms with Crippen molar-refractivity contribution in [2.45, 2.75) is 19.8 Å². The molecule has 0 bridgehead atoms. The average Bonchev–Trinajstić information content (AvgIpc) is 2.87. The number of rotatable bonds is 5. The van der Waals surface area contributed by atoms with Crippen molar-refractivity contribution in [2.75, 3.05) is 13.7 Å². The summed E-state index contributed by atoms with van der Waals surface area (Å²) in [4.78, 5) is 4.21. The number of aromatic nitrogens is 1. The van der Waals surface area contributed by atoms with Crippen molar-refractivity contribution >= 4 is 0 Å². The summed E-state index contributed by atoms with van der Waals surface area (Å²) in [5.41, 5.74) is 7.66. The van der Waals surface area contributed by atoms with Gasteiger partial charge in [0.1, 0.15) is 5.75 Å². The molecule has 2 rings (SSSR count). The summed E-state index contributed by atoms with van der Waals surface area (Å²) >= 11 is 0. The molecule has 0 saturated carbocycles. The van der Waals surface area contributed by atoms with Crippen molar-refractivity contribution in [1.82, 2.24) is 4.98 Å². The second-order valence-corrected chi connectivity index (χ2v) is 4.05. The first-order chi connectivity index (χ1) is 8.78. The zero-order valence-electron chi connectivity index (χ0n) is 10.8. The number of benzene rings is 1. The van der Waals surface area contributed by atoms with Crippen LogP contribution >= 0.6 is 0 Å². The van der Waals surface area contributed by atoms with Crippen LogP contribution in [-0.4, -0.2) is 18.6 Å². The molecule has 0 atom stereocenters. The quantitative estimate of drug-likeness (QED) is 0.880. The van der Waals surface area contributed by atoms with E-state index in [9.17, 15) is 0 Å². The zero-order valence-corrected chi connectivity index (χ0v) is 10.8. The third-order valence-corrected chi connectivity index (χ3v) is 2.85. The van der Waals surface area contributed by atoms with Crippen LogP contribution in [-0.2, 0) is 12.8 Å². The molecule has 1 heterocycles. The summed E-state index contributed by atoms with van der Waals surface area (Å²) in [6.45, 7) is 2.65. The molecule has 0 amide bonds. The lowest BCUT2D eigenvalue weighted by Gasteiger charge is -2.07. The summed E-state index contributed by atoms with van der Waals surface area (Å²) in [5.74, 6) is 2.18. The number of aryl methyl sites for hydroxylation is 1. The van der Waals surface area contributed by atoms with E-state index in [0.717, 1.165) is 23.5 Å². The van der Waals surface area contributed by atoms with Crippen LogP contribution in [0.1, 0.15) is 18.4 Å². The van der Waals surface area contributed by atoms with Crippen molar-refractivity contribution in [2.24, 2.45) is 5.73 Å². The van der Waals surface area contributed by atoms with E-state index in [1.165, 1.54) is 5.56 Å². The lowest BCUT2D eigenvalue weighted by Crippen LogP contribution is -2.02. The highest BCUT2D eigenvalue weighted by Gasteiger charge is 2.11. The largest absolute Gasteiger partial charge is 0.496 e. The summed E-state index contributed by atoms with van der Waals surface area (Å²) in [6, 6.07) is 6.09. The molecule has 1 aromatic heterocycles. The van der Waals surface area contributed by atoms with E-state index in [0.29, 0.717) is 18.9 Å². The van der Waals surface area contributed by atoms with Gasteiger partial charge in [-0.25, -0.2) is 4.98 Å². The van der Waals surface area contributed by atoms with Crippen LogP contribution in [0.25, 0.3) is 11.3 Å². The van der Waals surface area contributed by atoms with E-state index in [-0.39, 0.29) is 0 Å². The van der Waals surface area contributed by atoms with Gasteiger partial charge in [0.05, 0.1) is 18.9 Å². The predicted octanol–water partition coefficient (Wildman–Crippen LogP) is 2.41. The van der Waals surface area contributed by atoms with Crippen molar-refractivity contribution < 1.29 is 9.15 Å². The van der Waals surface area contributed by atoms with Gasteiger partial charge in [-0.1, -0.05) is 13.0 Å². The molecule has 4 nitrogen and oxygen atoms in total. The van der Waals surface area contributed by atoms with Gasteiger partial charge >= 0.3 is 0 Å². The van der Waals surface area contributed by atoms with Gasteiger partial charge in [-0.2, -0.15) is 0 Å². The Morgan fingerprint density at radius 1 is 1.39 bits per heavy atom. The standard InChI is InChI=1S/C14H18N2O2/c1-3-10-4-5-12(17-2)11(8-10)13-9-16-14(18-13)6-7-15/h4-5,8-9H,3,6-7,15H2,1-2H3. The Balaban J connectivity index is 2.40. The van der Waals surface area contributed by atoms with Gasteiger partial charge in [-0.05, 0) is 24.1 Å². The van der Waals surface area contributed by atoms with E-state index >= 15 is 0 Å². The maximum absolute atomic E-state index is 5.68. The first-order valence-electron chi connectivity index (χ1n) is 6.10. The minimum Gasteiger partial charge on any atom is -0.496 e. The van der Waals surface area contributed by atoms with E-state index in [4.69, 9.17) is 14.9 Å². The number of hydrogen-bond donors (Lipinski definition) is 1. The molecule has 0 saturated heterocycles. The normalized spacial score (nSPS) is 10.6. The van der Waals surface area contributed by atoms with E-state index in [1.807, 2.05) is 6.07 Å². The Kier molecular flexibility index (Phi) is 3.99. The van der Waals surface area contributed by atoms with Crippen LogP contribution in [0.4, 0.5) is 0 Å². The topological polar surface area (TPSA) is 61.3 Å². The monoisotopic (exact) mass is 246 g/mol. The molecule has 1 aromatic carbocycles. The Morgan fingerprint density at radius 3 is 2.89 bits per heavy atom. The summed E-state index contributed by atoms with van der Waals surface area (Å²) in [6.07, 6.45) is 3.35. The second-order valence-electron chi connectivity index (χ2n) is 4.05. The van der Waals surface area contributed by atoms with Crippen LogP contribution in [0.5, 0.6) is 5.75 Å². The van der Waals surface area contributed by atoms with Crippen LogP contribution < -0.4 is 10.5 Å². The molecule has 0 aliphatic rings. The van der Waals surface area contributed by atoms with Gasteiger partial charge < -0.3 is 14.9 Å². The van der Waals surface area contributed by atoms with Crippen LogP contribution in [0.2, 0.25) is 0 Å². The minimum absolute atomic E-state index is 0.534. The fraction of sp³-hybridized carbons (Fsp3) is 0.357. The molecule has 2 aromatic rings. The lowest BCUT2D eigenvalue weighted by atomic mass is 10.1. The second kappa shape index (κ2) is 5.69. The predicted molar refractivity (Wildman–Crippen MR) is 70.6 cm³/mol. The molecule has 0 spiro atoms. The molecule has 0 fully saturated rings. The summed E-state index contributed by atoms with van der Waals surface area (Å²) in [5, 5.41) is 0. The molecular weight excluding hydrogens is 228 g/mol. The van der Waals surface area contributed by atoms with Crippen LogP contribution in [0.15, 0.2) is 28.8 Å². The molecule has 96 valence electrons. The van der Waals surface area contributed by atoms with Crippen molar-refractivity contribution in [1.29, 1.82) is 0 Å². The number of nitrogens with zero attached hydrogens (tertiary/aromatic N) is 1. The van der Waals surface area contributed by atoms with E-state index < -0.39 is 0 Å². The first-order valence-corrected chi connectivity index (χ1v) is 6.10. The van der Waals surface area contributed by atoms with Gasteiger partial charge in [0, 0.05) is 13.0 Å². The van der Waals surface area contributed by atoms with Crippen LogP contribution in [0, 0.1) is 0 Å². The average molecular weight is 246 g/mol. The molecule has 0 unspecified atom stereocenters. The lowest BCUT2D eigenvalue weighted by molar-refractivity contribution is 0.413. The van der Waals surface area contributed by atoms with Gasteiger partial charge in [-0.3, -0.25) is 0 Å². The van der Waals surface area contributed by atoms with Crippen molar-refractivity contribution in [3.63, 3.8) is 0 Å². The number of hydrogen-bond acceptors (Lipinski definition) is 4. The van der Waals surface area contributed by atoms with Gasteiger partial charge in [0.2, 0.25) is 0 Å². The summed E-state index contributed by atoms with van der Waals surface area (Å²) < 4.78 is 11.0. The SMILES string of the molecule is CCc1ccc(OC)c(-c2cnc(CCN)o2)c1. The van der Waals surface area contributed by atoms with E-state index in [1.54, 1.807) is 13.3 Å². The van der Waals surface area contributed by atoms with Gasteiger partial charge in [-0.15, -0.1) is 0 Å². The molecule has 0 aliphatic heterocycles. The Bertz CT molecular complexity index is 520. The smallest absolute Gasteiger partial charge is 0.196 e. The number of ether oxygens (including phenoxy) is 1. The minimum atomic E-state index is 0.534. The highest BCUT2D eigenvalue weighted by atomic mass is 16.5. The van der Waals surface area contributed by atoms with Gasteiger partial charge in [0.15, 0.2) is 11.7 Å². The molecule has 2 N–H and O–H groups in total. The first kappa shape index (κ1) is 12.6. The molecule has 4 heteroatoms. The highest BCUT2D eigenvalue weighted by Crippen LogP contribution is 2.31. The third-order valence-electron chi connectivity index (χ3n) is 2.85. The van der Waals surface area contributed by atoms with Gasteiger partial charge in [0.25, 0.3) is 0 Å². The fourth-order valence-corrected chi connectivity index (χ4v) is 1.84. The highest BCUT2D eigenvalue weighted by molar-refractivity contribution is 5.66. The molecule has 0 aliphatic carbocycles. The molecular formula is C14H18N2O2. The molecule has 18 heavy (non-hydrogen) atoms. The van der Waals surface area contributed by atoms with Crippen LogP contribution in [0.3, 0.4) is 0 Å². The maximum Gasteiger partial charge on any atom is 0.196 e. The number of oxazole rings is 1. The van der Waals surface area contributed by atoms with E-state index in [2.05, 4.69) is 24.0 Å². The number of methoxy groups -OCH3 is 1. The maximum atomic E-state index is 5.68. The van der Waals surface area contributed by atoms with Crippen molar-refractivity contribution in [3.8, 4) is 17.1 Å². The third kappa shape index (κ3) is 2.54. The fourth-order valence-electron chi connectivity index (χ4n) is 1.84.